The van der Waals surface area contributed by atoms with Gasteiger partial charge in [-0.05, 0) is 68.0 Å². The van der Waals surface area contributed by atoms with Crippen LogP contribution in [0.3, 0.4) is 0 Å². The zero-order valence-electron chi connectivity index (χ0n) is 15.7. The molecular formula is C24H28FN. The van der Waals surface area contributed by atoms with Gasteiger partial charge in [-0.25, -0.2) is 4.39 Å². The van der Waals surface area contributed by atoms with E-state index >= 15 is 0 Å². The smallest absolute Gasteiger partial charge is 0.123 e. The number of hydrogen-bond donors (Lipinski definition) is 0. The van der Waals surface area contributed by atoms with Crippen molar-refractivity contribution in [2.75, 3.05) is 0 Å². The molecule has 2 heteroatoms. The van der Waals surface area contributed by atoms with E-state index < -0.39 is 0 Å². The normalized spacial score (nSPS) is 19.6. The minimum atomic E-state index is -0.226. The van der Waals surface area contributed by atoms with Gasteiger partial charge in [-0.15, -0.1) is 0 Å². The number of pyridine rings is 1. The quantitative estimate of drug-likeness (QED) is 0.436. The van der Waals surface area contributed by atoms with Crippen LogP contribution in [0.2, 0.25) is 0 Å². The van der Waals surface area contributed by atoms with Crippen LogP contribution in [0, 0.1) is 29.5 Å². The highest BCUT2D eigenvalue weighted by atomic mass is 19.1. The lowest BCUT2D eigenvalue weighted by molar-refractivity contribution is 0.294. The third-order valence-corrected chi connectivity index (χ3v) is 5.39. The van der Waals surface area contributed by atoms with Crippen molar-refractivity contribution in [1.82, 2.24) is 4.98 Å². The standard InChI is InChI=1S/C24H28FN/c1-2-3-4-5-19-6-8-20(9-7-19)10-11-21-12-17-24(26-18-21)22-13-15-23(25)16-14-22/h12-20H,2-9H2,1H3/t19-,20-. The fourth-order valence-electron chi connectivity index (χ4n) is 3.72. The van der Waals surface area contributed by atoms with Crippen molar-refractivity contribution in [3.05, 3.63) is 54.0 Å². The molecule has 3 rings (SSSR count). The fraction of sp³-hybridized carbons (Fsp3) is 0.458. The summed E-state index contributed by atoms with van der Waals surface area (Å²) in [7, 11) is 0. The molecule has 0 amide bonds. The van der Waals surface area contributed by atoms with Gasteiger partial charge in [-0.3, -0.25) is 4.98 Å². The Kier molecular flexibility index (Phi) is 6.83. The van der Waals surface area contributed by atoms with Crippen LogP contribution in [0.4, 0.5) is 4.39 Å². The molecule has 1 fully saturated rings. The highest BCUT2D eigenvalue weighted by molar-refractivity contribution is 5.59. The minimum Gasteiger partial charge on any atom is -0.255 e. The van der Waals surface area contributed by atoms with Crippen LogP contribution in [-0.2, 0) is 0 Å². The molecule has 0 atom stereocenters. The molecule has 136 valence electrons. The van der Waals surface area contributed by atoms with E-state index in [0.29, 0.717) is 5.92 Å². The van der Waals surface area contributed by atoms with Crippen molar-refractivity contribution in [2.45, 2.75) is 58.3 Å². The summed E-state index contributed by atoms with van der Waals surface area (Å²) in [5.74, 6) is 7.99. The van der Waals surface area contributed by atoms with Gasteiger partial charge in [0.2, 0.25) is 0 Å². The molecule has 1 nitrogen and oxygen atoms in total. The second-order valence-electron chi connectivity index (χ2n) is 7.42. The monoisotopic (exact) mass is 349 g/mol. The lowest BCUT2D eigenvalue weighted by Crippen LogP contribution is -2.13. The van der Waals surface area contributed by atoms with Crippen LogP contribution in [0.5, 0.6) is 0 Å². The zero-order chi connectivity index (χ0) is 18.2. The molecule has 2 aromatic rings. The van der Waals surface area contributed by atoms with Gasteiger partial charge in [-0.2, -0.15) is 0 Å². The molecule has 0 saturated heterocycles. The molecule has 1 heterocycles. The molecule has 0 unspecified atom stereocenters. The molecule has 0 radical (unpaired) electrons. The van der Waals surface area contributed by atoms with Crippen LogP contribution in [0.15, 0.2) is 42.6 Å². The first-order chi connectivity index (χ1) is 12.7. The molecule has 1 aliphatic rings. The van der Waals surface area contributed by atoms with Crippen molar-refractivity contribution < 1.29 is 4.39 Å². The fourth-order valence-corrected chi connectivity index (χ4v) is 3.72. The first-order valence-electron chi connectivity index (χ1n) is 9.98. The van der Waals surface area contributed by atoms with Gasteiger partial charge >= 0.3 is 0 Å². The summed E-state index contributed by atoms with van der Waals surface area (Å²) in [6, 6.07) is 10.4. The molecule has 1 aromatic heterocycles. The number of aromatic nitrogens is 1. The van der Waals surface area contributed by atoms with E-state index in [9.17, 15) is 4.39 Å². The molecule has 1 saturated carbocycles. The zero-order valence-corrected chi connectivity index (χ0v) is 15.7. The Morgan fingerprint density at radius 2 is 1.77 bits per heavy atom. The highest BCUT2D eigenvalue weighted by Gasteiger charge is 2.19. The van der Waals surface area contributed by atoms with E-state index in [0.717, 1.165) is 22.7 Å². The van der Waals surface area contributed by atoms with Gasteiger partial charge in [-0.1, -0.05) is 44.4 Å². The summed E-state index contributed by atoms with van der Waals surface area (Å²) in [5, 5.41) is 0. The molecule has 0 N–H and O–H groups in total. The van der Waals surface area contributed by atoms with Gasteiger partial charge in [0.15, 0.2) is 0 Å². The van der Waals surface area contributed by atoms with E-state index in [2.05, 4.69) is 23.7 Å². The topological polar surface area (TPSA) is 12.9 Å². The van der Waals surface area contributed by atoms with Crippen LogP contribution < -0.4 is 0 Å². The largest absolute Gasteiger partial charge is 0.255 e. The van der Waals surface area contributed by atoms with E-state index in [1.54, 1.807) is 12.1 Å². The number of benzene rings is 1. The third-order valence-electron chi connectivity index (χ3n) is 5.39. The molecule has 0 spiro atoms. The van der Waals surface area contributed by atoms with Crippen LogP contribution in [0.1, 0.15) is 63.9 Å². The van der Waals surface area contributed by atoms with Gasteiger partial charge in [0, 0.05) is 23.2 Å². The number of halogens is 1. The predicted octanol–water partition coefficient (Wildman–Crippen LogP) is 6.63. The Bertz CT molecular complexity index is 729. The van der Waals surface area contributed by atoms with Gasteiger partial charge in [0.1, 0.15) is 5.82 Å². The molecule has 26 heavy (non-hydrogen) atoms. The maximum absolute atomic E-state index is 13.0. The molecule has 0 bridgehead atoms. The minimum absolute atomic E-state index is 0.226. The number of unbranched alkanes of at least 4 members (excludes halogenated alkanes) is 2. The summed E-state index contributed by atoms with van der Waals surface area (Å²) in [4.78, 5) is 4.47. The summed E-state index contributed by atoms with van der Waals surface area (Å²) in [6.45, 7) is 2.27. The first kappa shape index (κ1) is 18.6. The van der Waals surface area contributed by atoms with E-state index in [1.165, 1.54) is 63.5 Å². The summed E-state index contributed by atoms with van der Waals surface area (Å²) >= 11 is 0. The van der Waals surface area contributed by atoms with Crippen molar-refractivity contribution in [3.8, 4) is 23.1 Å². The van der Waals surface area contributed by atoms with Crippen LogP contribution in [0.25, 0.3) is 11.3 Å². The molecule has 1 aromatic carbocycles. The average molecular weight is 349 g/mol. The SMILES string of the molecule is CCCCC[C@H]1CC[C@H](C#Cc2ccc(-c3ccc(F)cc3)nc2)CC1. The summed E-state index contributed by atoms with van der Waals surface area (Å²) < 4.78 is 13.0. The second-order valence-corrected chi connectivity index (χ2v) is 7.42. The van der Waals surface area contributed by atoms with Crippen LogP contribution in [-0.4, -0.2) is 4.98 Å². The maximum atomic E-state index is 13.0. The first-order valence-corrected chi connectivity index (χ1v) is 9.98. The number of nitrogens with zero attached hydrogens (tertiary/aromatic N) is 1. The Balaban J connectivity index is 1.52. The number of rotatable bonds is 5. The van der Waals surface area contributed by atoms with Crippen LogP contribution >= 0.6 is 0 Å². The summed E-state index contributed by atoms with van der Waals surface area (Å²) in [5.41, 5.74) is 2.73. The second kappa shape index (κ2) is 9.53. The van der Waals surface area contributed by atoms with E-state index in [-0.39, 0.29) is 5.82 Å². The maximum Gasteiger partial charge on any atom is 0.123 e. The predicted molar refractivity (Wildman–Crippen MR) is 106 cm³/mol. The Labute approximate surface area is 157 Å². The molecular weight excluding hydrogens is 321 g/mol. The average Bonchev–Trinajstić information content (AvgIpc) is 2.69. The summed E-state index contributed by atoms with van der Waals surface area (Å²) in [6.07, 6.45) is 12.5. The van der Waals surface area contributed by atoms with Crippen molar-refractivity contribution in [3.63, 3.8) is 0 Å². The lowest BCUT2D eigenvalue weighted by atomic mass is 9.80. The Morgan fingerprint density at radius 3 is 2.42 bits per heavy atom. The van der Waals surface area contributed by atoms with Gasteiger partial charge in [0.05, 0.1) is 5.69 Å². The van der Waals surface area contributed by atoms with Crippen molar-refractivity contribution >= 4 is 0 Å². The molecule has 1 aliphatic carbocycles. The van der Waals surface area contributed by atoms with Crippen molar-refractivity contribution in [2.24, 2.45) is 11.8 Å². The Morgan fingerprint density at radius 1 is 1.00 bits per heavy atom. The van der Waals surface area contributed by atoms with Crippen molar-refractivity contribution in [1.29, 1.82) is 0 Å². The molecule has 0 aliphatic heterocycles. The Hall–Kier alpha value is -2.14. The van der Waals surface area contributed by atoms with E-state index in [4.69, 9.17) is 0 Å². The highest BCUT2D eigenvalue weighted by Crippen LogP contribution is 2.31. The van der Waals surface area contributed by atoms with Gasteiger partial charge < -0.3 is 0 Å². The van der Waals surface area contributed by atoms with E-state index in [1.807, 2.05) is 18.3 Å². The van der Waals surface area contributed by atoms with Gasteiger partial charge in [0.25, 0.3) is 0 Å². The number of hydrogen-bond acceptors (Lipinski definition) is 1. The lowest BCUT2D eigenvalue weighted by Gasteiger charge is -2.25. The third kappa shape index (κ3) is 5.43.